The van der Waals surface area contributed by atoms with Crippen molar-refractivity contribution in [3.05, 3.63) is 98.5 Å². The van der Waals surface area contributed by atoms with E-state index in [0.29, 0.717) is 22.4 Å². The van der Waals surface area contributed by atoms with E-state index in [9.17, 15) is 4.79 Å². The molecule has 0 spiro atoms. The van der Waals surface area contributed by atoms with Gasteiger partial charge in [-0.25, -0.2) is 5.43 Å². The number of benzene rings is 3. The summed E-state index contributed by atoms with van der Waals surface area (Å²) >= 11 is 12.1. The van der Waals surface area contributed by atoms with Crippen LogP contribution >= 0.6 is 23.2 Å². The Kier molecular flexibility index (Phi) is 7.50. The fourth-order valence-electron chi connectivity index (χ4n) is 2.87. The van der Waals surface area contributed by atoms with E-state index in [1.54, 1.807) is 18.3 Å². The zero-order valence-electron chi connectivity index (χ0n) is 16.8. The molecule has 0 fully saturated rings. The Balaban J connectivity index is 1.56. The minimum atomic E-state index is -0.162. The number of amides is 1. The predicted molar refractivity (Wildman–Crippen MR) is 123 cm³/mol. The summed E-state index contributed by atoms with van der Waals surface area (Å²) in [5.41, 5.74) is 7.45. The Labute approximate surface area is 186 Å². The smallest absolute Gasteiger partial charge is 0.244 e. The van der Waals surface area contributed by atoms with Crippen LogP contribution in [0.25, 0.3) is 0 Å². The van der Waals surface area contributed by atoms with E-state index in [4.69, 9.17) is 27.9 Å². The van der Waals surface area contributed by atoms with Crippen molar-refractivity contribution in [3.63, 3.8) is 0 Å². The number of ether oxygens (including phenoxy) is 1. The number of hydrazone groups is 1. The average Bonchev–Trinajstić information content (AvgIpc) is 2.70. The van der Waals surface area contributed by atoms with Crippen molar-refractivity contribution in [3.8, 4) is 5.75 Å². The van der Waals surface area contributed by atoms with Gasteiger partial charge in [-0.15, -0.1) is 0 Å². The Bertz CT molecular complexity index is 1080. The van der Waals surface area contributed by atoms with Crippen LogP contribution in [0.15, 0.2) is 65.8 Å². The highest BCUT2D eigenvalue weighted by Crippen LogP contribution is 2.23. The van der Waals surface area contributed by atoms with Crippen molar-refractivity contribution in [2.75, 3.05) is 0 Å². The largest absolute Gasteiger partial charge is 0.489 e. The van der Waals surface area contributed by atoms with Crippen LogP contribution in [0.3, 0.4) is 0 Å². The highest BCUT2D eigenvalue weighted by atomic mass is 35.5. The lowest BCUT2D eigenvalue weighted by Crippen LogP contribution is -2.20. The maximum absolute atomic E-state index is 12.2. The van der Waals surface area contributed by atoms with Crippen LogP contribution in [0.4, 0.5) is 0 Å². The zero-order chi connectivity index (χ0) is 21.5. The van der Waals surface area contributed by atoms with Crippen LogP contribution in [-0.2, 0) is 17.8 Å². The van der Waals surface area contributed by atoms with Gasteiger partial charge in [0.15, 0.2) is 0 Å². The molecule has 0 heterocycles. The molecule has 0 aromatic heterocycles. The van der Waals surface area contributed by atoms with Gasteiger partial charge in [-0.2, -0.15) is 5.10 Å². The SMILES string of the molecule is Cc1ccc(C)c(CC(=O)N/N=C/c2cccc(OCc3ccc(Cl)cc3Cl)c2)c1. The monoisotopic (exact) mass is 440 g/mol. The Morgan fingerprint density at radius 2 is 1.87 bits per heavy atom. The van der Waals surface area contributed by atoms with E-state index < -0.39 is 0 Å². The van der Waals surface area contributed by atoms with E-state index in [-0.39, 0.29) is 12.3 Å². The molecule has 6 heteroatoms. The second-order valence-corrected chi connectivity index (χ2v) is 7.84. The van der Waals surface area contributed by atoms with Gasteiger partial charge in [0.05, 0.1) is 12.6 Å². The third-order valence-corrected chi connectivity index (χ3v) is 5.11. The number of hydrogen-bond acceptors (Lipinski definition) is 3. The highest BCUT2D eigenvalue weighted by molar-refractivity contribution is 6.35. The summed E-state index contributed by atoms with van der Waals surface area (Å²) in [5.74, 6) is 0.511. The number of carbonyl (C=O) groups is 1. The van der Waals surface area contributed by atoms with Crippen molar-refractivity contribution < 1.29 is 9.53 Å². The topological polar surface area (TPSA) is 50.7 Å². The lowest BCUT2D eigenvalue weighted by atomic mass is 10.0. The first-order valence-corrected chi connectivity index (χ1v) is 10.2. The van der Waals surface area contributed by atoms with E-state index in [1.165, 1.54) is 0 Å². The van der Waals surface area contributed by atoms with Crippen molar-refractivity contribution in [2.45, 2.75) is 26.9 Å². The van der Waals surface area contributed by atoms with Gasteiger partial charge in [-0.3, -0.25) is 4.79 Å². The number of carbonyl (C=O) groups excluding carboxylic acids is 1. The first-order chi connectivity index (χ1) is 14.4. The molecule has 30 heavy (non-hydrogen) atoms. The van der Waals surface area contributed by atoms with Crippen LogP contribution in [0.5, 0.6) is 5.75 Å². The molecule has 1 amide bonds. The number of nitrogens with zero attached hydrogens (tertiary/aromatic N) is 1. The molecule has 0 radical (unpaired) electrons. The zero-order valence-corrected chi connectivity index (χ0v) is 18.3. The minimum Gasteiger partial charge on any atom is -0.489 e. The average molecular weight is 441 g/mol. The molecule has 154 valence electrons. The molecule has 0 aliphatic heterocycles. The second kappa shape index (κ2) is 10.3. The molecule has 0 aliphatic rings. The molecular weight excluding hydrogens is 419 g/mol. The summed E-state index contributed by atoms with van der Waals surface area (Å²) in [7, 11) is 0. The van der Waals surface area contributed by atoms with Crippen LogP contribution < -0.4 is 10.2 Å². The highest BCUT2D eigenvalue weighted by Gasteiger charge is 2.06. The summed E-state index contributed by atoms with van der Waals surface area (Å²) < 4.78 is 5.81. The third-order valence-electron chi connectivity index (χ3n) is 4.53. The summed E-state index contributed by atoms with van der Waals surface area (Å²) in [6, 6.07) is 18.8. The lowest BCUT2D eigenvalue weighted by Gasteiger charge is -2.08. The van der Waals surface area contributed by atoms with E-state index >= 15 is 0 Å². The van der Waals surface area contributed by atoms with E-state index in [1.807, 2.05) is 62.4 Å². The number of nitrogens with one attached hydrogen (secondary N) is 1. The number of halogens is 2. The predicted octanol–water partition coefficient (Wildman–Crippen LogP) is 5.88. The molecular formula is C24H22Cl2N2O2. The molecule has 0 saturated carbocycles. The minimum absolute atomic E-state index is 0.162. The first-order valence-electron chi connectivity index (χ1n) is 9.45. The molecule has 3 aromatic carbocycles. The van der Waals surface area contributed by atoms with Gasteiger partial charge in [0.2, 0.25) is 5.91 Å². The molecule has 0 unspecified atom stereocenters. The first kappa shape index (κ1) is 21.9. The second-order valence-electron chi connectivity index (χ2n) is 7.00. The Hall–Kier alpha value is -2.82. The summed E-state index contributed by atoms with van der Waals surface area (Å²) in [6.45, 7) is 4.33. The lowest BCUT2D eigenvalue weighted by molar-refractivity contribution is -0.120. The standard InChI is InChI=1S/C24H22Cl2N2O2/c1-16-6-7-17(2)20(10-16)12-24(29)28-27-14-18-4-3-5-22(11-18)30-15-19-8-9-21(25)13-23(19)26/h3-11,13-14H,12,15H2,1-2H3,(H,28,29)/b27-14+. The number of aryl methyl sites for hydroxylation is 2. The molecule has 0 saturated heterocycles. The van der Waals surface area contributed by atoms with Gasteiger partial charge >= 0.3 is 0 Å². The van der Waals surface area contributed by atoms with Crippen molar-refractivity contribution >= 4 is 35.3 Å². The Morgan fingerprint density at radius 1 is 1.03 bits per heavy atom. The molecule has 3 rings (SSSR count). The summed E-state index contributed by atoms with van der Waals surface area (Å²) in [6.07, 6.45) is 1.87. The van der Waals surface area contributed by atoms with Crippen LogP contribution in [0, 0.1) is 13.8 Å². The van der Waals surface area contributed by atoms with Gasteiger partial charge < -0.3 is 4.74 Å². The molecule has 0 aliphatic carbocycles. The molecule has 1 N–H and O–H groups in total. The molecule has 0 bridgehead atoms. The maximum Gasteiger partial charge on any atom is 0.244 e. The number of hydrogen-bond donors (Lipinski definition) is 1. The van der Waals surface area contributed by atoms with Crippen molar-refractivity contribution in [2.24, 2.45) is 5.10 Å². The van der Waals surface area contributed by atoms with E-state index in [0.717, 1.165) is 27.8 Å². The normalized spacial score (nSPS) is 10.9. The third kappa shape index (κ3) is 6.34. The van der Waals surface area contributed by atoms with Crippen LogP contribution in [0.1, 0.15) is 27.8 Å². The van der Waals surface area contributed by atoms with Gasteiger partial charge in [0.25, 0.3) is 0 Å². The van der Waals surface area contributed by atoms with Crippen LogP contribution in [0.2, 0.25) is 10.0 Å². The van der Waals surface area contributed by atoms with Crippen LogP contribution in [-0.4, -0.2) is 12.1 Å². The molecule has 3 aromatic rings. The maximum atomic E-state index is 12.2. The Morgan fingerprint density at radius 3 is 2.67 bits per heavy atom. The molecule has 0 atom stereocenters. The van der Waals surface area contributed by atoms with Crippen molar-refractivity contribution in [1.82, 2.24) is 5.43 Å². The fourth-order valence-corrected chi connectivity index (χ4v) is 3.33. The summed E-state index contributed by atoms with van der Waals surface area (Å²) in [4.78, 5) is 12.2. The van der Waals surface area contributed by atoms with Gasteiger partial charge in [-0.1, -0.05) is 65.2 Å². The molecule has 4 nitrogen and oxygen atoms in total. The van der Waals surface area contributed by atoms with Gasteiger partial charge in [0.1, 0.15) is 12.4 Å². The van der Waals surface area contributed by atoms with Gasteiger partial charge in [-0.05, 0) is 54.8 Å². The number of rotatable bonds is 7. The summed E-state index contributed by atoms with van der Waals surface area (Å²) in [5, 5.41) is 5.20. The fraction of sp³-hybridized carbons (Fsp3) is 0.167. The van der Waals surface area contributed by atoms with Crippen molar-refractivity contribution in [1.29, 1.82) is 0 Å². The quantitative estimate of drug-likeness (QED) is 0.368. The van der Waals surface area contributed by atoms with E-state index in [2.05, 4.69) is 10.5 Å². The van der Waals surface area contributed by atoms with Gasteiger partial charge in [0, 0.05) is 15.6 Å².